The Morgan fingerprint density at radius 2 is 2.08 bits per heavy atom. The number of aliphatic imine (C=N–C) groups is 1. The molecule has 0 aliphatic carbocycles. The first-order valence-electron chi connectivity index (χ1n) is 8.07. The number of aromatic nitrogens is 2. The maximum absolute atomic E-state index is 6.11. The Hall–Kier alpha value is -1.92. The minimum absolute atomic E-state index is 0.533. The van der Waals surface area contributed by atoms with Gasteiger partial charge < -0.3 is 20.1 Å². The predicted molar refractivity (Wildman–Crippen MR) is 106 cm³/mol. The molecule has 0 atom stereocenters. The summed E-state index contributed by atoms with van der Waals surface area (Å²) in [4.78, 5) is 11.0. The third-order valence-electron chi connectivity index (χ3n) is 3.70. The van der Waals surface area contributed by atoms with Crippen LogP contribution in [0.3, 0.4) is 0 Å². The molecular weight excluding hydrogens is 359 g/mol. The molecule has 0 fully saturated rings. The summed E-state index contributed by atoms with van der Waals surface area (Å²) in [6.45, 7) is 3.91. The van der Waals surface area contributed by atoms with E-state index >= 15 is 0 Å². The van der Waals surface area contributed by atoms with E-state index in [1.54, 1.807) is 6.20 Å². The molecule has 0 radical (unpaired) electrons. The summed E-state index contributed by atoms with van der Waals surface area (Å²) in [7, 11) is 5.83. The van der Waals surface area contributed by atoms with Crippen LogP contribution >= 0.6 is 23.2 Å². The van der Waals surface area contributed by atoms with Crippen molar-refractivity contribution in [3.05, 3.63) is 45.8 Å². The highest BCUT2D eigenvalue weighted by Gasteiger charge is 2.10. The summed E-state index contributed by atoms with van der Waals surface area (Å²) < 4.78 is 1.85. The second-order valence-corrected chi connectivity index (χ2v) is 6.53. The zero-order chi connectivity index (χ0) is 18.4. The maximum atomic E-state index is 6.11. The van der Waals surface area contributed by atoms with Crippen molar-refractivity contribution in [3.63, 3.8) is 0 Å². The molecule has 2 heterocycles. The number of rotatable bonds is 6. The number of anilines is 1. The molecule has 0 saturated carbocycles. The van der Waals surface area contributed by atoms with Crippen LogP contribution in [0.5, 0.6) is 0 Å². The molecule has 8 heteroatoms. The Labute approximate surface area is 158 Å². The topological polar surface area (TPSA) is 57.5 Å². The van der Waals surface area contributed by atoms with Gasteiger partial charge in [-0.25, -0.2) is 9.98 Å². The first-order valence-corrected chi connectivity index (χ1v) is 8.82. The lowest BCUT2D eigenvalue weighted by molar-refractivity contribution is 0.752. The van der Waals surface area contributed by atoms with Crippen molar-refractivity contribution in [2.45, 2.75) is 20.0 Å². The molecule has 0 unspecified atom stereocenters. The number of pyridine rings is 1. The molecule has 2 N–H and O–H groups in total. The van der Waals surface area contributed by atoms with Crippen molar-refractivity contribution in [1.29, 1.82) is 0 Å². The van der Waals surface area contributed by atoms with Crippen LogP contribution < -0.4 is 15.5 Å². The molecule has 6 nitrogen and oxygen atoms in total. The van der Waals surface area contributed by atoms with Crippen LogP contribution in [0.4, 0.5) is 5.82 Å². The summed E-state index contributed by atoms with van der Waals surface area (Å²) in [5.74, 6) is 1.65. The lowest BCUT2D eigenvalue weighted by Crippen LogP contribution is -2.37. The number of hydrogen-bond acceptors (Lipinski definition) is 3. The van der Waals surface area contributed by atoms with E-state index in [0.717, 1.165) is 29.6 Å². The number of guanidine groups is 1. The number of hydrogen-bond donors (Lipinski definition) is 2. The van der Waals surface area contributed by atoms with Gasteiger partial charge in [-0.15, -0.1) is 0 Å². The van der Waals surface area contributed by atoms with Gasteiger partial charge in [0.1, 0.15) is 11.0 Å². The van der Waals surface area contributed by atoms with Gasteiger partial charge in [0.15, 0.2) is 5.96 Å². The molecule has 2 rings (SSSR count). The number of nitrogens with one attached hydrogen (secondary N) is 2. The second-order valence-electron chi connectivity index (χ2n) is 5.76. The molecule has 136 valence electrons. The Morgan fingerprint density at radius 1 is 1.32 bits per heavy atom. The van der Waals surface area contributed by atoms with Crippen LogP contribution in [0.25, 0.3) is 0 Å². The molecule has 2 aromatic rings. The average molecular weight is 383 g/mol. The van der Waals surface area contributed by atoms with Crippen LogP contribution in [-0.2, 0) is 20.1 Å². The highest BCUT2D eigenvalue weighted by molar-refractivity contribution is 6.41. The van der Waals surface area contributed by atoms with E-state index < -0.39 is 0 Å². The van der Waals surface area contributed by atoms with Crippen molar-refractivity contribution in [2.24, 2.45) is 12.0 Å². The van der Waals surface area contributed by atoms with E-state index in [-0.39, 0.29) is 0 Å². The lowest BCUT2D eigenvalue weighted by Gasteiger charge is -2.16. The second kappa shape index (κ2) is 8.97. The number of nitrogens with zero attached hydrogens (tertiary/aromatic N) is 4. The molecule has 25 heavy (non-hydrogen) atoms. The quantitative estimate of drug-likeness (QED) is 0.595. The fourth-order valence-corrected chi connectivity index (χ4v) is 2.81. The molecule has 0 bridgehead atoms. The third-order valence-corrected chi connectivity index (χ3v) is 4.54. The Kier molecular flexibility index (Phi) is 6.96. The molecule has 2 aromatic heterocycles. The van der Waals surface area contributed by atoms with Crippen molar-refractivity contribution < 1.29 is 0 Å². The normalized spacial score (nSPS) is 11.5. The lowest BCUT2D eigenvalue weighted by atomic mass is 10.2. The Balaban J connectivity index is 2.09. The molecule has 0 spiro atoms. The Bertz CT molecular complexity index is 739. The van der Waals surface area contributed by atoms with E-state index in [4.69, 9.17) is 23.2 Å². The SMILES string of the molecule is CCNC(=NCc1cccnc1N(C)C)NCc1cc(Cl)c(Cl)n1C. The van der Waals surface area contributed by atoms with E-state index in [9.17, 15) is 0 Å². The molecule has 0 aliphatic rings. The van der Waals surface area contributed by atoms with E-state index in [1.807, 2.05) is 55.7 Å². The first kappa shape index (κ1) is 19.4. The zero-order valence-electron chi connectivity index (χ0n) is 15.0. The number of halogens is 2. The van der Waals surface area contributed by atoms with E-state index in [1.165, 1.54) is 0 Å². The zero-order valence-corrected chi connectivity index (χ0v) is 16.5. The molecule has 0 amide bonds. The Morgan fingerprint density at radius 3 is 2.68 bits per heavy atom. The van der Waals surface area contributed by atoms with Crippen molar-refractivity contribution in [1.82, 2.24) is 20.2 Å². The van der Waals surface area contributed by atoms with Gasteiger partial charge in [0, 0.05) is 45.1 Å². The van der Waals surface area contributed by atoms with Crippen LogP contribution in [0.2, 0.25) is 10.2 Å². The van der Waals surface area contributed by atoms with Gasteiger partial charge in [0.2, 0.25) is 0 Å². The minimum Gasteiger partial charge on any atom is -0.362 e. The summed E-state index contributed by atoms with van der Waals surface area (Å²) in [5.41, 5.74) is 2.05. The maximum Gasteiger partial charge on any atom is 0.191 e. The smallest absolute Gasteiger partial charge is 0.191 e. The molecular formula is C17H24Cl2N6. The molecule has 0 saturated heterocycles. The fraction of sp³-hybridized carbons (Fsp3) is 0.412. The predicted octanol–water partition coefficient (Wildman–Crippen LogP) is 3.05. The van der Waals surface area contributed by atoms with Crippen molar-refractivity contribution in [3.8, 4) is 0 Å². The fourth-order valence-electron chi connectivity index (χ4n) is 2.40. The van der Waals surface area contributed by atoms with Crippen LogP contribution in [0.15, 0.2) is 29.4 Å². The van der Waals surface area contributed by atoms with E-state index in [2.05, 4.69) is 20.6 Å². The van der Waals surface area contributed by atoms with Crippen LogP contribution in [0.1, 0.15) is 18.2 Å². The van der Waals surface area contributed by atoms with Gasteiger partial charge in [0.25, 0.3) is 0 Å². The monoisotopic (exact) mass is 382 g/mol. The standard InChI is InChI=1S/C17H24Cl2N6/c1-5-20-17(23-11-13-9-14(18)15(19)25(13)4)22-10-12-7-6-8-21-16(12)24(2)3/h6-9H,5,10-11H2,1-4H3,(H2,20,22,23). The van der Waals surface area contributed by atoms with Gasteiger partial charge in [-0.1, -0.05) is 29.3 Å². The van der Waals surface area contributed by atoms with Crippen LogP contribution in [-0.4, -0.2) is 36.2 Å². The third kappa shape index (κ3) is 5.03. The minimum atomic E-state index is 0.533. The van der Waals surface area contributed by atoms with Crippen LogP contribution in [0, 0.1) is 0 Å². The van der Waals surface area contributed by atoms with Crippen molar-refractivity contribution in [2.75, 3.05) is 25.5 Å². The van der Waals surface area contributed by atoms with Gasteiger partial charge in [-0.2, -0.15) is 0 Å². The highest BCUT2D eigenvalue weighted by atomic mass is 35.5. The van der Waals surface area contributed by atoms with Gasteiger partial charge >= 0.3 is 0 Å². The van der Waals surface area contributed by atoms with Gasteiger partial charge in [0.05, 0.1) is 18.1 Å². The average Bonchev–Trinajstić information content (AvgIpc) is 2.84. The summed E-state index contributed by atoms with van der Waals surface area (Å²) in [5, 5.41) is 7.63. The molecule has 0 aliphatic heterocycles. The van der Waals surface area contributed by atoms with E-state index in [0.29, 0.717) is 23.3 Å². The summed E-state index contributed by atoms with van der Waals surface area (Å²) in [6, 6.07) is 5.81. The summed E-state index contributed by atoms with van der Waals surface area (Å²) >= 11 is 12.2. The first-order chi connectivity index (χ1) is 11.9. The van der Waals surface area contributed by atoms with Crippen molar-refractivity contribution >= 4 is 35.0 Å². The summed E-state index contributed by atoms with van der Waals surface area (Å²) in [6.07, 6.45) is 1.79. The van der Waals surface area contributed by atoms with Gasteiger partial charge in [-0.3, -0.25) is 0 Å². The largest absolute Gasteiger partial charge is 0.362 e. The highest BCUT2D eigenvalue weighted by Crippen LogP contribution is 2.24. The molecule has 0 aromatic carbocycles. The van der Waals surface area contributed by atoms with Gasteiger partial charge in [-0.05, 0) is 19.1 Å².